The summed E-state index contributed by atoms with van der Waals surface area (Å²) in [4.78, 5) is 11.8. The second-order valence-corrected chi connectivity index (χ2v) is 8.42. The molecule has 0 spiro atoms. The topological polar surface area (TPSA) is 65.0 Å². The Labute approximate surface area is 211 Å². The quantitative estimate of drug-likeness (QED) is 0.213. The van der Waals surface area contributed by atoms with E-state index >= 15 is 0 Å². The van der Waals surface area contributed by atoms with Gasteiger partial charge in [0.05, 0.1) is 19.3 Å². The highest BCUT2D eigenvalue weighted by molar-refractivity contribution is 6.00. The Kier molecular flexibility index (Phi) is 8.60. The number of carboxylic acid groups (broad SMARTS) is 1. The molecule has 5 heteroatoms. The number of carbonyl (C=O) groups is 1. The number of fused-ring (bicyclic) bond motifs is 1. The Bertz CT molecular complexity index is 1310. The highest BCUT2D eigenvalue weighted by atomic mass is 16.5. The molecule has 0 bridgehead atoms. The molecule has 0 unspecified atom stereocenters. The van der Waals surface area contributed by atoms with Gasteiger partial charge in [0.1, 0.15) is 23.9 Å². The molecule has 5 nitrogen and oxygen atoms in total. The zero-order valence-electron chi connectivity index (χ0n) is 20.4. The molecule has 1 N–H and O–H groups in total. The summed E-state index contributed by atoms with van der Waals surface area (Å²) in [5.74, 6) is 1.04. The van der Waals surface area contributed by atoms with Crippen molar-refractivity contribution in [1.29, 1.82) is 0 Å². The van der Waals surface area contributed by atoms with Crippen molar-refractivity contribution in [2.24, 2.45) is 0 Å². The molecule has 0 aliphatic carbocycles. The van der Waals surface area contributed by atoms with Crippen LogP contribution < -0.4 is 14.2 Å². The summed E-state index contributed by atoms with van der Waals surface area (Å²) < 4.78 is 17.3. The predicted octanol–water partition coefficient (Wildman–Crippen LogP) is 7.39. The normalized spacial score (nSPS) is 11.0. The molecule has 4 aromatic rings. The van der Waals surface area contributed by atoms with Crippen molar-refractivity contribution < 1.29 is 24.1 Å². The van der Waals surface area contributed by atoms with E-state index in [0.29, 0.717) is 24.7 Å². The number of benzene rings is 4. The lowest BCUT2D eigenvalue weighted by molar-refractivity contribution is 0.0696. The van der Waals surface area contributed by atoms with Crippen LogP contribution in [-0.2, 0) is 6.61 Å². The highest BCUT2D eigenvalue weighted by Gasteiger charge is 2.13. The van der Waals surface area contributed by atoms with E-state index < -0.39 is 5.97 Å². The van der Waals surface area contributed by atoms with Gasteiger partial charge in [-0.3, -0.25) is 0 Å². The Balaban J connectivity index is 1.38. The summed E-state index contributed by atoms with van der Waals surface area (Å²) >= 11 is 0. The summed E-state index contributed by atoms with van der Waals surface area (Å²) in [7, 11) is 1.66. The minimum atomic E-state index is -0.997. The van der Waals surface area contributed by atoms with Gasteiger partial charge in [0.15, 0.2) is 0 Å². The van der Waals surface area contributed by atoms with E-state index in [-0.39, 0.29) is 5.56 Å². The van der Waals surface area contributed by atoms with Gasteiger partial charge in [0.25, 0.3) is 0 Å². The molecule has 36 heavy (non-hydrogen) atoms. The van der Waals surface area contributed by atoms with Crippen LogP contribution in [0.4, 0.5) is 0 Å². The molecular weight excluding hydrogens is 452 g/mol. The molecule has 4 rings (SSSR count). The van der Waals surface area contributed by atoms with Gasteiger partial charge in [-0.15, -0.1) is 0 Å². The first kappa shape index (κ1) is 24.9. The molecule has 4 aromatic carbocycles. The fourth-order valence-electron chi connectivity index (χ4n) is 3.91. The summed E-state index contributed by atoms with van der Waals surface area (Å²) in [6.45, 7) is 0.904. The van der Waals surface area contributed by atoms with E-state index in [1.54, 1.807) is 19.2 Å². The maximum atomic E-state index is 11.8. The minimum Gasteiger partial charge on any atom is -0.497 e. The predicted molar refractivity (Wildman–Crippen MR) is 143 cm³/mol. The van der Waals surface area contributed by atoms with Gasteiger partial charge < -0.3 is 19.3 Å². The fourth-order valence-corrected chi connectivity index (χ4v) is 3.91. The van der Waals surface area contributed by atoms with Crippen LogP contribution in [0.3, 0.4) is 0 Å². The van der Waals surface area contributed by atoms with E-state index in [1.165, 1.54) is 0 Å². The number of hydrogen-bond donors (Lipinski definition) is 1. The third-order valence-electron chi connectivity index (χ3n) is 5.85. The van der Waals surface area contributed by atoms with Crippen molar-refractivity contribution in [3.8, 4) is 17.2 Å². The van der Waals surface area contributed by atoms with E-state index in [0.717, 1.165) is 46.9 Å². The van der Waals surface area contributed by atoms with Crippen LogP contribution in [0.25, 0.3) is 16.8 Å². The van der Waals surface area contributed by atoms with Crippen molar-refractivity contribution in [3.63, 3.8) is 0 Å². The first-order valence-corrected chi connectivity index (χ1v) is 12.0. The number of ether oxygens (including phenoxy) is 3. The van der Waals surface area contributed by atoms with Crippen molar-refractivity contribution in [1.82, 2.24) is 0 Å². The average molecular weight is 483 g/mol. The smallest absolute Gasteiger partial charge is 0.335 e. The molecule has 0 saturated carbocycles. The van der Waals surface area contributed by atoms with E-state index in [9.17, 15) is 9.90 Å². The van der Waals surface area contributed by atoms with Gasteiger partial charge in [-0.1, -0.05) is 66.7 Å². The Morgan fingerprint density at radius 3 is 2.39 bits per heavy atom. The molecule has 0 aliphatic rings. The lowest BCUT2D eigenvalue weighted by Gasteiger charge is -2.14. The zero-order chi connectivity index (χ0) is 25.2. The van der Waals surface area contributed by atoms with Crippen LogP contribution in [0, 0.1) is 0 Å². The molecule has 0 amide bonds. The monoisotopic (exact) mass is 482 g/mol. The van der Waals surface area contributed by atoms with E-state index in [1.807, 2.05) is 72.8 Å². The van der Waals surface area contributed by atoms with Crippen LogP contribution in [0.5, 0.6) is 17.2 Å². The maximum Gasteiger partial charge on any atom is 0.335 e. The minimum absolute atomic E-state index is 0.177. The molecule has 0 saturated heterocycles. The number of unbranched alkanes of at least 4 members (excludes halogenated alkanes) is 2. The van der Waals surface area contributed by atoms with Gasteiger partial charge in [-0.05, 0) is 60.7 Å². The van der Waals surface area contributed by atoms with Gasteiger partial charge in [0, 0.05) is 10.8 Å². The third kappa shape index (κ3) is 6.66. The van der Waals surface area contributed by atoms with Gasteiger partial charge in [-0.25, -0.2) is 4.79 Å². The standard InChI is InChI=1S/C31H30O5/c1-34-26-17-15-23(16-18-26)10-5-2-3-8-19-35-30-21-25(31(32)33)20-28-27(30)13-9-14-29(28)36-22-24-11-6-4-7-12-24/h4-7,9-18,20-21H,2-3,8,19,22H2,1H3,(H,32,33)/b10-5+. The molecule has 0 heterocycles. The summed E-state index contributed by atoms with van der Waals surface area (Å²) in [6, 6.07) is 26.7. The third-order valence-corrected chi connectivity index (χ3v) is 5.85. The van der Waals surface area contributed by atoms with Crippen LogP contribution >= 0.6 is 0 Å². The number of allylic oxidation sites excluding steroid dienone is 1. The fraction of sp³-hybridized carbons (Fsp3) is 0.194. The largest absolute Gasteiger partial charge is 0.497 e. The summed E-state index contributed by atoms with van der Waals surface area (Å²) in [5, 5.41) is 11.2. The molecule has 0 atom stereocenters. The maximum absolute atomic E-state index is 11.8. The van der Waals surface area contributed by atoms with Crippen LogP contribution in [0.2, 0.25) is 0 Å². The van der Waals surface area contributed by atoms with Crippen LogP contribution in [0.1, 0.15) is 40.7 Å². The second-order valence-electron chi connectivity index (χ2n) is 8.42. The lowest BCUT2D eigenvalue weighted by Crippen LogP contribution is -2.03. The number of carboxylic acids is 1. The van der Waals surface area contributed by atoms with Crippen molar-refractivity contribution in [2.75, 3.05) is 13.7 Å². The average Bonchev–Trinajstić information content (AvgIpc) is 2.92. The molecule has 184 valence electrons. The van der Waals surface area contributed by atoms with Crippen molar-refractivity contribution in [2.45, 2.75) is 25.9 Å². The SMILES string of the molecule is COc1ccc(/C=C/CCCCOc2cc(C(=O)O)cc3c(OCc4ccccc4)cccc23)cc1. The molecular formula is C31H30O5. The Morgan fingerprint density at radius 2 is 1.64 bits per heavy atom. The molecule has 0 aliphatic heterocycles. The number of aromatic carboxylic acids is 1. The van der Waals surface area contributed by atoms with Crippen molar-refractivity contribution in [3.05, 3.63) is 108 Å². The van der Waals surface area contributed by atoms with Gasteiger partial charge in [0.2, 0.25) is 0 Å². The second kappa shape index (κ2) is 12.5. The van der Waals surface area contributed by atoms with E-state index in [2.05, 4.69) is 12.2 Å². The van der Waals surface area contributed by atoms with Gasteiger partial charge >= 0.3 is 5.97 Å². The highest BCUT2D eigenvalue weighted by Crippen LogP contribution is 2.34. The summed E-state index contributed by atoms with van der Waals surface area (Å²) in [5.41, 5.74) is 2.35. The van der Waals surface area contributed by atoms with E-state index in [4.69, 9.17) is 14.2 Å². The number of rotatable bonds is 12. The Hall–Kier alpha value is -4.25. The van der Waals surface area contributed by atoms with Gasteiger partial charge in [-0.2, -0.15) is 0 Å². The zero-order valence-corrected chi connectivity index (χ0v) is 20.4. The molecule has 0 fully saturated rings. The number of methoxy groups -OCH3 is 1. The Morgan fingerprint density at radius 1 is 0.833 bits per heavy atom. The first-order chi connectivity index (χ1) is 17.6. The van der Waals surface area contributed by atoms with Crippen LogP contribution in [0.15, 0.2) is 91.0 Å². The molecule has 0 radical (unpaired) electrons. The number of hydrogen-bond acceptors (Lipinski definition) is 4. The molecule has 0 aromatic heterocycles. The van der Waals surface area contributed by atoms with Crippen molar-refractivity contribution >= 4 is 22.8 Å². The lowest BCUT2D eigenvalue weighted by atomic mass is 10.0. The van der Waals surface area contributed by atoms with Crippen LogP contribution in [-0.4, -0.2) is 24.8 Å². The summed E-state index contributed by atoms with van der Waals surface area (Å²) in [6.07, 6.45) is 7.01. The first-order valence-electron chi connectivity index (χ1n) is 12.0.